The van der Waals surface area contributed by atoms with Gasteiger partial charge in [0.1, 0.15) is 42.5 Å². The van der Waals surface area contributed by atoms with E-state index >= 15 is 0 Å². The number of nitrogens with zero attached hydrogens (tertiary/aromatic N) is 8. The molecule has 14 heteroatoms. The molecule has 1 aliphatic heterocycles. The Balaban J connectivity index is 0.000000171. The summed E-state index contributed by atoms with van der Waals surface area (Å²) in [7, 11) is 0. The molecule has 0 aliphatic carbocycles. The van der Waals surface area contributed by atoms with E-state index < -0.39 is 17.2 Å². The largest absolute Gasteiger partial charge is 0.381 e. The molecule has 0 unspecified atom stereocenters. The first-order valence-corrected chi connectivity index (χ1v) is 13.8. The second kappa shape index (κ2) is 13.2. The lowest BCUT2D eigenvalue weighted by molar-refractivity contribution is -0.00856. The quantitative estimate of drug-likeness (QED) is 0.255. The standard InChI is InChI=1S/C16H14ClN3S.C13H12F2N6O/c17-13-8-6-12(7-9-13)15-10-14(19-20(15)16(18)21)11-4-2-1-3-5-11;14-10-1-2-11(12(15)3-10)13(22,4-20-8-16-6-18-20)5-21-9-17-7-19-21/h1-9,15H,10H2,(H2,18,21);1-3,6-9,22H,4-5H2/t15-;/m1./s1. The Morgan fingerprint density at radius 1 is 0.953 bits per heavy atom. The Bertz CT molecular complexity index is 1650. The number of hydrazone groups is 1. The maximum absolute atomic E-state index is 14.1. The Morgan fingerprint density at radius 2 is 1.58 bits per heavy atom. The van der Waals surface area contributed by atoms with Crippen molar-refractivity contribution in [3.8, 4) is 0 Å². The van der Waals surface area contributed by atoms with E-state index in [9.17, 15) is 13.9 Å². The first kappa shape index (κ1) is 29.9. The number of aromatic nitrogens is 6. The number of hydrogen-bond acceptors (Lipinski definition) is 7. The minimum Gasteiger partial charge on any atom is -0.381 e. The van der Waals surface area contributed by atoms with E-state index in [2.05, 4.69) is 25.3 Å². The lowest BCUT2D eigenvalue weighted by Crippen LogP contribution is -2.37. The Kier molecular flexibility index (Phi) is 9.14. The van der Waals surface area contributed by atoms with Crippen LogP contribution >= 0.6 is 23.8 Å². The van der Waals surface area contributed by atoms with Gasteiger partial charge in [-0.2, -0.15) is 15.3 Å². The van der Waals surface area contributed by atoms with Crippen LogP contribution in [0.2, 0.25) is 5.02 Å². The molecular weight excluding hydrogens is 596 g/mol. The summed E-state index contributed by atoms with van der Waals surface area (Å²) in [5, 5.41) is 26.1. The molecule has 0 saturated heterocycles. The normalized spacial score (nSPS) is 14.7. The third-order valence-corrected chi connectivity index (χ3v) is 7.15. The van der Waals surface area contributed by atoms with Gasteiger partial charge in [0, 0.05) is 23.1 Å². The van der Waals surface area contributed by atoms with E-state index in [1.165, 1.54) is 40.7 Å². The summed E-state index contributed by atoms with van der Waals surface area (Å²) >= 11 is 11.1. The molecule has 0 radical (unpaired) electrons. The van der Waals surface area contributed by atoms with E-state index in [4.69, 9.17) is 29.6 Å². The number of halogens is 3. The predicted molar refractivity (Wildman–Crippen MR) is 161 cm³/mol. The minimum absolute atomic E-state index is 0.0231. The zero-order valence-electron chi connectivity index (χ0n) is 22.6. The van der Waals surface area contributed by atoms with Gasteiger partial charge in [0.2, 0.25) is 0 Å². The summed E-state index contributed by atoms with van der Waals surface area (Å²) < 4.78 is 29.9. The van der Waals surface area contributed by atoms with Gasteiger partial charge in [-0.3, -0.25) is 0 Å². The topological polar surface area (TPSA) is 123 Å². The molecule has 43 heavy (non-hydrogen) atoms. The van der Waals surface area contributed by atoms with Crippen LogP contribution < -0.4 is 5.73 Å². The van der Waals surface area contributed by atoms with Crippen molar-refractivity contribution in [2.75, 3.05) is 0 Å². The lowest BCUT2D eigenvalue weighted by Gasteiger charge is -2.28. The van der Waals surface area contributed by atoms with Crippen molar-refractivity contribution in [1.29, 1.82) is 0 Å². The highest BCUT2D eigenvalue weighted by Crippen LogP contribution is 2.33. The smallest absolute Gasteiger partial charge is 0.187 e. The summed E-state index contributed by atoms with van der Waals surface area (Å²) in [6.45, 7) is -0.148. The molecule has 6 rings (SSSR count). The molecule has 10 nitrogen and oxygen atoms in total. The average molecular weight is 622 g/mol. The Hall–Kier alpha value is -4.59. The number of thiocarbonyl (C=S) groups is 1. The number of hydrogen-bond donors (Lipinski definition) is 2. The molecule has 0 saturated carbocycles. The van der Waals surface area contributed by atoms with Gasteiger partial charge in [0.15, 0.2) is 5.11 Å². The average Bonchev–Trinajstić information content (AvgIpc) is 3.77. The van der Waals surface area contributed by atoms with Crippen LogP contribution in [0.4, 0.5) is 8.78 Å². The van der Waals surface area contributed by atoms with E-state index in [-0.39, 0.29) is 29.8 Å². The molecule has 1 aliphatic rings. The van der Waals surface area contributed by atoms with Gasteiger partial charge in [0.25, 0.3) is 0 Å². The zero-order chi connectivity index (χ0) is 30.4. The summed E-state index contributed by atoms with van der Waals surface area (Å²) in [6, 6.07) is 20.8. The second-order valence-corrected chi connectivity index (χ2v) is 10.6. The molecule has 0 spiro atoms. The van der Waals surface area contributed by atoms with Gasteiger partial charge in [-0.05, 0) is 41.5 Å². The molecule has 220 valence electrons. The monoisotopic (exact) mass is 621 g/mol. The van der Waals surface area contributed by atoms with Crippen LogP contribution in [-0.4, -0.2) is 50.5 Å². The summed E-state index contributed by atoms with van der Waals surface area (Å²) in [5.74, 6) is -1.56. The fourth-order valence-corrected chi connectivity index (χ4v) is 5.01. The van der Waals surface area contributed by atoms with Gasteiger partial charge in [-0.15, -0.1) is 0 Å². The highest BCUT2D eigenvalue weighted by molar-refractivity contribution is 7.80. The van der Waals surface area contributed by atoms with Gasteiger partial charge in [-0.25, -0.2) is 33.1 Å². The van der Waals surface area contributed by atoms with E-state index in [0.29, 0.717) is 5.02 Å². The van der Waals surface area contributed by atoms with Crippen LogP contribution in [0.15, 0.2) is 103 Å². The molecule has 0 amide bonds. The van der Waals surface area contributed by atoms with Crippen molar-refractivity contribution in [3.63, 3.8) is 0 Å². The van der Waals surface area contributed by atoms with Crippen LogP contribution in [0.1, 0.15) is 29.2 Å². The molecular formula is C29H26ClF2N9OS. The zero-order valence-corrected chi connectivity index (χ0v) is 24.2. The van der Waals surface area contributed by atoms with Gasteiger partial charge < -0.3 is 10.8 Å². The Morgan fingerprint density at radius 3 is 2.12 bits per heavy atom. The molecule has 2 aromatic heterocycles. The molecule has 3 heterocycles. The molecule has 3 N–H and O–H groups in total. The highest BCUT2D eigenvalue weighted by Gasteiger charge is 2.34. The van der Waals surface area contributed by atoms with Crippen LogP contribution in [0.3, 0.4) is 0 Å². The van der Waals surface area contributed by atoms with Crippen LogP contribution in [0.25, 0.3) is 0 Å². The first-order valence-electron chi connectivity index (χ1n) is 13.0. The number of nitrogens with two attached hydrogens (primary N) is 1. The summed E-state index contributed by atoms with van der Waals surface area (Å²) in [4.78, 5) is 7.57. The molecule has 1 atom stereocenters. The molecule has 5 aromatic rings. The van der Waals surface area contributed by atoms with Gasteiger partial charge in [-0.1, -0.05) is 60.1 Å². The van der Waals surface area contributed by atoms with Crippen molar-refractivity contribution < 1.29 is 13.9 Å². The van der Waals surface area contributed by atoms with Crippen molar-refractivity contribution in [3.05, 3.63) is 131 Å². The Labute approximate surface area is 256 Å². The number of benzene rings is 3. The number of aliphatic hydroxyl groups is 1. The maximum atomic E-state index is 14.1. The molecule has 0 bridgehead atoms. The van der Waals surface area contributed by atoms with Crippen LogP contribution in [0.5, 0.6) is 0 Å². The fraction of sp³-hybridized carbons (Fsp3) is 0.172. The van der Waals surface area contributed by atoms with Crippen LogP contribution in [-0.2, 0) is 18.7 Å². The molecule has 3 aromatic carbocycles. The van der Waals surface area contributed by atoms with E-state index in [0.717, 1.165) is 35.4 Å². The third kappa shape index (κ3) is 7.25. The lowest BCUT2D eigenvalue weighted by atomic mass is 9.93. The van der Waals surface area contributed by atoms with Crippen LogP contribution in [0, 0.1) is 11.6 Å². The highest BCUT2D eigenvalue weighted by atomic mass is 35.5. The van der Waals surface area contributed by atoms with Crippen molar-refractivity contribution in [1.82, 2.24) is 34.5 Å². The SMILES string of the molecule is NC(=S)N1N=C(c2ccccc2)C[C@@H]1c1ccc(Cl)cc1.OC(Cn1cncn1)(Cn1cncn1)c1ccc(F)cc1F. The van der Waals surface area contributed by atoms with Crippen molar-refractivity contribution >= 4 is 34.6 Å². The predicted octanol–water partition coefficient (Wildman–Crippen LogP) is 4.47. The second-order valence-electron chi connectivity index (χ2n) is 9.71. The van der Waals surface area contributed by atoms with E-state index in [1.807, 2.05) is 54.6 Å². The fourth-order valence-electron chi connectivity index (χ4n) is 4.72. The van der Waals surface area contributed by atoms with Crippen molar-refractivity contribution in [2.24, 2.45) is 10.8 Å². The van der Waals surface area contributed by atoms with E-state index in [1.54, 1.807) is 5.01 Å². The number of rotatable bonds is 7. The summed E-state index contributed by atoms with van der Waals surface area (Å²) in [5.41, 5.74) is 7.25. The first-order chi connectivity index (χ1) is 20.7. The summed E-state index contributed by atoms with van der Waals surface area (Å²) in [6.07, 6.45) is 6.16. The van der Waals surface area contributed by atoms with Gasteiger partial charge >= 0.3 is 0 Å². The molecule has 0 fully saturated rings. The maximum Gasteiger partial charge on any atom is 0.187 e. The van der Waals surface area contributed by atoms with Crippen molar-refractivity contribution in [2.45, 2.75) is 31.2 Å². The minimum atomic E-state index is -1.70. The van der Waals surface area contributed by atoms with Gasteiger partial charge in [0.05, 0.1) is 24.8 Å². The third-order valence-electron chi connectivity index (χ3n) is 6.71.